The van der Waals surface area contributed by atoms with Crippen molar-refractivity contribution in [3.63, 3.8) is 0 Å². The molecule has 0 aromatic heterocycles. The van der Waals surface area contributed by atoms with Gasteiger partial charge in [0.25, 0.3) is 0 Å². The minimum absolute atomic E-state index is 0.420. The van der Waals surface area contributed by atoms with Gasteiger partial charge >= 0.3 is 6.03 Å². The molecule has 0 spiro atoms. The number of rotatable bonds is 2. The van der Waals surface area contributed by atoms with E-state index < -0.39 is 12.4 Å². The topological polar surface area (TPSA) is 73.4 Å². The molecule has 0 heterocycles. The zero-order valence-electron chi connectivity index (χ0n) is 5.43. The van der Waals surface area contributed by atoms with Crippen LogP contribution < -0.4 is 16.0 Å². The zero-order valence-corrected chi connectivity index (χ0v) is 5.43. The molecule has 0 aliphatic rings. The summed E-state index contributed by atoms with van der Waals surface area (Å²) in [7, 11) is 3.00. The minimum Gasteiger partial charge on any atom is -0.361 e. The molecule has 54 valence electrons. The van der Waals surface area contributed by atoms with Crippen molar-refractivity contribution in [1.82, 2.24) is 16.0 Å². The molecule has 1 unspecified atom stereocenters. The Hall–Kier alpha value is -0.810. The first-order chi connectivity index (χ1) is 4.20. The van der Waals surface area contributed by atoms with Crippen LogP contribution in [0.2, 0.25) is 0 Å². The second-order valence-corrected chi connectivity index (χ2v) is 1.41. The van der Waals surface area contributed by atoms with Gasteiger partial charge in [-0.05, 0) is 7.05 Å². The van der Waals surface area contributed by atoms with Crippen molar-refractivity contribution in [2.24, 2.45) is 0 Å². The van der Waals surface area contributed by atoms with Gasteiger partial charge < -0.3 is 10.4 Å². The largest absolute Gasteiger partial charge is 0.361 e. The van der Waals surface area contributed by atoms with E-state index in [9.17, 15) is 4.79 Å². The molecule has 0 aromatic carbocycles. The number of amides is 2. The predicted molar refractivity (Wildman–Crippen MR) is 32.7 cm³/mol. The van der Waals surface area contributed by atoms with Crippen LogP contribution in [0.1, 0.15) is 0 Å². The molecule has 0 fully saturated rings. The molecular weight excluding hydrogens is 122 g/mol. The van der Waals surface area contributed by atoms with E-state index in [2.05, 4.69) is 16.0 Å². The number of hydrogen-bond acceptors (Lipinski definition) is 3. The first kappa shape index (κ1) is 8.19. The molecule has 2 amide bonds. The second kappa shape index (κ2) is 4.11. The predicted octanol–water partition coefficient (Wildman–Crippen LogP) is -1.59. The molecule has 0 rings (SSSR count). The molecule has 1 atom stereocenters. The lowest BCUT2D eigenvalue weighted by Gasteiger charge is -2.09. The Bertz CT molecular complexity index is 95.8. The summed E-state index contributed by atoms with van der Waals surface area (Å²) in [6, 6.07) is -0.420. The molecule has 0 bridgehead atoms. The Labute approximate surface area is 53.4 Å². The summed E-state index contributed by atoms with van der Waals surface area (Å²) >= 11 is 0. The number of urea groups is 1. The van der Waals surface area contributed by atoms with Gasteiger partial charge in [0.05, 0.1) is 0 Å². The van der Waals surface area contributed by atoms with Crippen LogP contribution in [0.3, 0.4) is 0 Å². The second-order valence-electron chi connectivity index (χ2n) is 1.41. The molecule has 5 heteroatoms. The molecule has 0 aromatic rings. The summed E-state index contributed by atoms with van der Waals surface area (Å²) in [4.78, 5) is 10.4. The van der Waals surface area contributed by atoms with Gasteiger partial charge in [0, 0.05) is 7.05 Å². The number of aliphatic hydroxyl groups excluding tert-OH is 1. The Morgan fingerprint density at radius 2 is 2.11 bits per heavy atom. The summed E-state index contributed by atoms with van der Waals surface area (Å²) in [6.07, 6.45) is -0.982. The van der Waals surface area contributed by atoms with Gasteiger partial charge in [0.2, 0.25) is 0 Å². The third kappa shape index (κ3) is 3.75. The van der Waals surface area contributed by atoms with E-state index in [4.69, 9.17) is 5.11 Å². The Balaban J connectivity index is 3.34. The Morgan fingerprint density at radius 3 is 2.44 bits per heavy atom. The molecule has 4 N–H and O–H groups in total. The highest BCUT2D eigenvalue weighted by molar-refractivity contribution is 5.73. The Morgan fingerprint density at radius 1 is 1.56 bits per heavy atom. The maximum Gasteiger partial charge on any atom is 0.317 e. The van der Waals surface area contributed by atoms with Gasteiger partial charge in [0.1, 0.15) is 0 Å². The molecule has 0 aliphatic carbocycles. The molecule has 0 saturated heterocycles. The quantitative estimate of drug-likeness (QED) is 0.343. The van der Waals surface area contributed by atoms with Gasteiger partial charge in [-0.25, -0.2) is 4.79 Å². The number of hydrogen-bond donors (Lipinski definition) is 4. The first-order valence-electron chi connectivity index (χ1n) is 2.54. The van der Waals surface area contributed by atoms with E-state index in [0.717, 1.165) is 0 Å². The van der Waals surface area contributed by atoms with Crippen LogP contribution >= 0.6 is 0 Å². The van der Waals surface area contributed by atoms with Gasteiger partial charge in [-0.1, -0.05) is 0 Å². The highest BCUT2D eigenvalue weighted by atomic mass is 16.3. The van der Waals surface area contributed by atoms with Crippen molar-refractivity contribution < 1.29 is 9.90 Å². The highest BCUT2D eigenvalue weighted by Crippen LogP contribution is 1.65. The summed E-state index contributed by atoms with van der Waals surface area (Å²) in [5, 5.41) is 15.5. The molecule has 0 saturated carbocycles. The van der Waals surface area contributed by atoms with Crippen molar-refractivity contribution in [1.29, 1.82) is 0 Å². The Kier molecular flexibility index (Phi) is 3.74. The molecule has 0 aliphatic heterocycles. The van der Waals surface area contributed by atoms with Gasteiger partial charge in [-0.2, -0.15) is 0 Å². The normalized spacial score (nSPS) is 12.3. The van der Waals surface area contributed by atoms with E-state index in [1.807, 2.05) is 0 Å². The third-order valence-corrected chi connectivity index (χ3v) is 0.768. The molecular formula is C4H11N3O2. The zero-order chi connectivity index (χ0) is 7.28. The van der Waals surface area contributed by atoms with Gasteiger partial charge in [0.15, 0.2) is 6.35 Å². The van der Waals surface area contributed by atoms with Crippen LogP contribution in [0, 0.1) is 0 Å². The lowest BCUT2D eigenvalue weighted by Crippen LogP contribution is -2.46. The third-order valence-electron chi connectivity index (χ3n) is 0.768. The summed E-state index contributed by atoms with van der Waals surface area (Å²) in [5.74, 6) is 0. The fraction of sp³-hybridized carbons (Fsp3) is 0.750. The summed E-state index contributed by atoms with van der Waals surface area (Å²) in [6.45, 7) is 0. The number of carbonyl (C=O) groups is 1. The average Bonchev–Trinajstić information content (AvgIpc) is 1.87. The fourth-order valence-corrected chi connectivity index (χ4v) is 0.269. The van der Waals surface area contributed by atoms with Crippen molar-refractivity contribution in [2.75, 3.05) is 14.1 Å². The van der Waals surface area contributed by atoms with Gasteiger partial charge in [-0.15, -0.1) is 0 Å². The van der Waals surface area contributed by atoms with Crippen LogP contribution in [0.4, 0.5) is 4.79 Å². The van der Waals surface area contributed by atoms with Crippen LogP contribution in [0.5, 0.6) is 0 Å². The van der Waals surface area contributed by atoms with E-state index >= 15 is 0 Å². The maximum atomic E-state index is 10.4. The molecule has 9 heavy (non-hydrogen) atoms. The van der Waals surface area contributed by atoms with Crippen molar-refractivity contribution >= 4 is 6.03 Å². The number of aliphatic hydroxyl groups is 1. The summed E-state index contributed by atoms with van der Waals surface area (Å²) < 4.78 is 0. The number of carbonyl (C=O) groups excluding carboxylic acids is 1. The average molecular weight is 133 g/mol. The van der Waals surface area contributed by atoms with Gasteiger partial charge in [-0.3, -0.25) is 10.6 Å². The minimum atomic E-state index is -0.982. The first-order valence-corrected chi connectivity index (χ1v) is 2.54. The lowest BCUT2D eigenvalue weighted by molar-refractivity contribution is 0.117. The van der Waals surface area contributed by atoms with E-state index in [-0.39, 0.29) is 0 Å². The standard InChI is InChI=1S/C4H11N3O2/c1-5-3(8)7-4(9)6-2/h3,5,8H,1-2H3,(H2,6,7,9). The maximum absolute atomic E-state index is 10.4. The van der Waals surface area contributed by atoms with Crippen LogP contribution in [-0.2, 0) is 0 Å². The monoisotopic (exact) mass is 133 g/mol. The van der Waals surface area contributed by atoms with Crippen molar-refractivity contribution in [3.8, 4) is 0 Å². The van der Waals surface area contributed by atoms with Crippen LogP contribution in [0.15, 0.2) is 0 Å². The SMILES string of the molecule is CNC(=O)NC(O)NC. The summed E-state index contributed by atoms with van der Waals surface area (Å²) in [5.41, 5.74) is 0. The molecule has 0 radical (unpaired) electrons. The lowest BCUT2D eigenvalue weighted by atomic mass is 10.8. The van der Waals surface area contributed by atoms with E-state index in [1.54, 1.807) is 0 Å². The van der Waals surface area contributed by atoms with E-state index in [0.29, 0.717) is 0 Å². The van der Waals surface area contributed by atoms with Crippen LogP contribution in [-0.4, -0.2) is 31.6 Å². The van der Waals surface area contributed by atoms with Crippen molar-refractivity contribution in [3.05, 3.63) is 0 Å². The smallest absolute Gasteiger partial charge is 0.317 e. The van der Waals surface area contributed by atoms with E-state index in [1.165, 1.54) is 14.1 Å². The van der Waals surface area contributed by atoms with Crippen molar-refractivity contribution in [2.45, 2.75) is 6.35 Å². The fourth-order valence-electron chi connectivity index (χ4n) is 0.269. The number of nitrogens with one attached hydrogen (secondary N) is 3. The van der Waals surface area contributed by atoms with Crippen LogP contribution in [0.25, 0.3) is 0 Å². The highest BCUT2D eigenvalue weighted by Gasteiger charge is 2.00. The molecule has 5 nitrogen and oxygen atoms in total.